The van der Waals surface area contributed by atoms with Crippen LogP contribution in [0.3, 0.4) is 0 Å². The van der Waals surface area contributed by atoms with E-state index in [1.807, 2.05) is 19.1 Å². The quantitative estimate of drug-likeness (QED) is 0.661. The fraction of sp³-hybridized carbons (Fsp3) is 0.556. The summed E-state index contributed by atoms with van der Waals surface area (Å²) in [5.74, 6) is 1.44. The Morgan fingerprint density at radius 2 is 2.45 bits per heavy atom. The summed E-state index contributed by atoms with van der Waals surface area (Å²) in [6.45, 7) is 4.58. The fourth-order valence-electron chi connectivity index (χ4n) is 1.11. The summed E-state index contributed by atoms with van der Waals surface area (Å²) < 4.78 is 5.19. The third-order valence-corrected chi connectivity index (χ3v) is 1.68. The van der Waals surface area contributed by atoms with Gasteiger partial charge in [0.2, 0.25) is 0 Å². The van der Waals surface area contributed by atoms with Gasteiger partial charge in [-0.15, -0.1) is 0 Å². The van der Waals surface area contributed by atoms with Crippen molar-refractivity contribution in [3.8, 4) is 0 Å². The van der Waals surface area contributed by atoms with E-state index in [2.05, 4.69) is 6.92 Å². The number of allylic oxidation sites excluding steroid dienone is 3. The normalized spacial score (nSPS) is 24.0. The van der Waals surface area contributed by atoms with Crippen LogP contribution in [0.2, 0.25) is 0 Å². The van der Waals surface area contributed by atoms with Gasteiger partial charge in [0.15, 0.2) is 5.76 Å². The largest absolute Gasteiger partial charge is 0.508 e. The molecule has 1 atom stereocenters. The van der Waals surface area contributed by atoms with Gasteiger partial charge in [-0.1, -0.05) is 13.0 Å². The molecule has 0 aromatic rings. The monoisotopic (exact) mass is 154 g/mol. The summed E-state index contributed by atoms with van der Waals surface area (Å²) in [7, 11) is 0. The van der Waals surface area contributed by atoms with Gasteiger partial charge in [0.05, 0.1) is 6.61 Å². The lowest BCUT2D eigenvalue weighted by atomic mass is 10.0. The number of rotatable bonds is 2. The second kappa shape index (κ2) is 3.46. The van der Waals surface area contributed by atoms with E-state index in [0.717, 1.165) is 0 Å². The molecule has 0 heterocycles. The topological polar surface area (TPSA) is 29.5 Å². The van der Waals surface area contributed by atoms with Crippen molar-refractivity contribution in [2.75, 3.05) is 6.61 Å². The first kappa shape index (κ1) is 8.18. The second-order valence-electron chi connectivity index (χ2n) is 2.78. The minimum absolute atomic E-state index is 0.377. The van der Waals surface area contributed by atoms with Crippen LogP contribution in [0.15, 0.2) is 23.7 Å². The molecule has 1 N–H and O–H groups in total. The highest BCUT2D eigenvalue weighted by Crippen LogP contribution is 2.21. The Hall–Kier alpha value is -0.920. The van der Waals surface area contributed by atoms with Gasteiger partial charge in [-0.3, -0.25) is 0 Å². The lowest BCUT2D eigenvalue weighted by Gasteiger charge is -2.15. The van der Waals surface area contributed by atoms with Crippen LogP contribution in [0.25, 0.3) is 0 Å². The van der Waals surface area contributed by atoms with Crippen LogP contribution < -0.4 is 0 Å². The van der Waals surface area contributed by atoms with Crippen molar-refractivity contribution < 1.29 is 9.84 Å². The molecule has 62 valence electrons. The van der Waals surface area contributed by atoms with E-state index in [0.29, 0.717) is 30.5 Å². The Kier molecular flexibility index (Phi) is 2.58. The first-order valence-corrected chi connectivity index (χ1v) is 3.97. The van der Waals surface area contributed by atoms with Crippen LogP contribution >= 0.6 is 0 Å². The minimum Gasteiger partial charge on any atom is -0.508 e. The number of hydrogen-bond acceptors (Lipinski definition) is 2. The van der Waals surface area contributed by atoms with Crippen LogP contribution in [0.5, 0.6) is 0 Å². The molecule has 1 aliphatic carbocycles. The van der Waals surface area contributed by atoms with E-state index >= 15 is 0 Å². The summed E-state index contributed by atoms with van der Waals surface area (Å²) in [5, 5.41) is 9.37. The van der Waals surface area contributed by atoms with Crippen molar-refractivity contribution >= 4 is 0 Å². The second-order valence-corrected chi connectivity index (χ2v) is 2.78. The van der Waals surface area contributed by atoms with E-state index in [1.165, 1.54) is 0 Å². The highest BCUT2D eigenvalue weighted by Gasteiger charge is 2.12. The Morgan fingerprint density at radius 3 is 3.00 bits per heavy atom. The molecule has 0 amide bonds. The molecule has 0 aliphatic heterocycles. The summed E-state index contributed by atoms with van der Waals surface area (Å²) >= 11 is 0. The van der Waals surface area contributed by atoms with Gasteiger partial charge in [-0.05, 0) is 18.9 Å². The molecular formula is C9H14O2. The Labute approximate surface area is 67.2 Å². The first-order chi connectivity index (χ1) is 5.24. The number of hydrogen-bond donors (Lipinski definition) is 1. The molecule has 0 radical (unpaired) electrons. The third kappa shape index (κ3) is 2.00. The predicted octanol–water partition coefficient (Wildman–Crippen LogP) is 2.39. The minimum atomic E-state index is 0.377. The molecule has 0 saturated carbocycles. The number of aliphatic hydroxyl groups excluding tert-OH is 1. The van der Waals surface area contributed by atoms with Crippen molar-refractivity contribution in [3.05, 3.63) is 23.7 Å². The maximum atomic E-state index is 9.37. The number of aliphatic hydroxyl groups is 1. The van der Waals surface area contributed by atoms with E-state index in [9.17, 15) is 5.11 Å². The molecule has 1 unspecified atom stereocenters. The standard InChI is InChI=1S/C9H14O2/c1-3-11-9-5-4-7(2)6-8(9)10/h4-5,7,10H,3,6H2,1-2H3. The highest BCUT2D eigenvalue weighted by atomic mass is 16.5. The molecule has 0 spiro atoms. The molecule has 0 bridgehead atoms. The molecule has 2 nitrogen and oxygen atoms in total. The SMILES string of the molecule is CCOC1=C(O)CC(C)C=C1. The van der Waals surface area contributed by atoms with Crippen molar-refractivity contribution in [1.82, 2.24) is 0 Å². The van der Waals surface area contributed by atoms with Crippen LogP contribution in [0, 0.1) is 5.92 Å². The van der Waals surface area contributed by atoms with Gasteiger partial charge >= 0.3 is 0 Å². The van der Waals surface area contributed by atoms with E-state index in [4.69, 9.17) is 4.74 Å². The average molecular weight is 154 g/mol. The van der Waals surface area contributed by atoms with Gasteiger partial charge < -0.3 is 9.84 Å². The zero-order chi connectivity index (χ0) is 8.27. The van der Waals surface area contributed by atoms with Crippen LogP contribution in [0.1, 0.15) is 20.3 Å². The van der Waals surface area contributed by atoms with E-state index in [1.54, 1.807) is 0 Å². The molecular weight excluding hydrogens is 140 g/mol. The molecule has 2 heteroatoms. The Morgan fingerprint density at radius 1 is 1.73 bits per heavy atom. The summed E-state index contributed by atoms with van der Waals surface area (Å²) in [6.07, 6.45) is 4.59. The van der Waals surface area contributed by atoms with E-state index in [-0.39, 0.29) is 0 Å². The number of ether oxygens (including phenoxy) is 1. The first-order valence-electron chi connectivity index (χ1n) is 3.97. The molecule has 1 rings (SSSR count). The van der Waals surface area contributed by atoms with Gasteiger partial charge in [0, 0.05) is 6.42 Å². The van der Waals surface area contributed by atoms with Crippen molar-refractivity contribution in [3.63, 3.8) is 0 Å². The maximum Gasteiger partial charge on any atom is 0.156 e. The molecule has 0 saturated heterocycles. The Balaban J connectivity index is 2.64. The van der Waals surface area contributed by atoms with Gasteiger partial charge in [0.25, 0.3) is 0 Å². The van der Waals surface area contributed by atoms with Crippen LogP contribution in [-0.2, 0) is 4.74 Å². The van der Waals surface area contributed by atoms with Gasteiger partial charge in [-0.2, -0.15) is 0 Å². The molecule has 0 fully saturated rings. The van der Waals surface area contributed by atoms with Crippen molar-refractivity contribution in [1.29, 1.82) is 0 Å². The third-order valence-electron chi connectivity index (χ3n) is 1.68. The lowest BCUT2D eigenvalue weighted by molar-refractivity contribution is 0.208. The lowest BCUT2D eigenvalue weighted by Crippen LogP contribution is -2.04. The van der Waals surface area contributed by atoms with Crippen LogP contribution in [0.4, 0.5) is 0 Å². The maximum absolute atomic E-state index is 9.37. The van der Waals surface area contributed by atoms with Crippen LogP contribution in [-0.4, -0.2) is 11.7 Å². The molecule has 0 aromatic heterocycles. The zero-order valence-corrected chi connectivity index (χ0v) is 7.00. The smallest absolute Gasteiger partial charge is 0.156 e. The predicted molar refractivity (Wildman–Crippen MR) is 44.2 cm³/mol. The summed E-state index contributed by atoms with van der Waals surface area (Å²) in [4.78, 5) is 0. The van der Waals surface area contributed by atoms with Gasteiger partial charge in [-0.25, -0.2) is 0 Å². The summed E-state index contributed by atoms with van der Waals surface area (Å²) in [6, 6.07) is 0. The molecule has 0 aromatic carbocycles. The zero-order valence-electron chi connectivity index (χ0n) is 7.00. The Bertz CT molecular complexity index is 192. The summed E-state index contributed by atoms with van der Waals surface area (Å²) in [5.41, 5.74) is 0. The molecule has 11 heavy (non-hydrogen) atoms. The molecule has 1 aliphatic rings. The average Bonchev–Trinajstić information content (AvgIpc) is 1.95. The fourth-order valence-corrected chi connectivity index (χ4v) is 1.11. The van der Waals surface area contributed by atoms with Crippen molar-refractivity contribution in [2.45, 2.75) is 20.3 Å². The highest BCUT2D eigenvalue weighted by molar-refractivity contribution is 5.21. The van der Waals surface area contributed by atoms with E-state index < -0.39 is 0 Å². The van der Waals surface area contributed by atoms with Gasteiger partial charge in [0.1, 0.15) is 5.76 Å². The van der Waals surface area contributed by atoms with Crippen molar-refractivity contribution in [2.24, 2.45) is 5.92 Å².